The number of aromatic hydroxyl groups is 1. The molecule has 0 bridgehead atoms. The van der Waals surface area contributed by atoms with Gasteiger partial charge in [-0.25, -0.2) is 0 Å². The quantitative estimate of drug-likeness (QED) is 0.645. The van der Waals surface area contributed by atoms with E-state index in [1.54, 1.807) is 30.3 Å². The third-order valence-corrected chi connectivity index (χ3v) is 3.73. The summed E-state index contributed by atoms with van der Waals surface area (Å²) in [4.78, 5) is 23.6. The van der Waals surface area contributed by atoms with E-state index in [0.29, 0.717) is 12.0 Å². The van der Waals surface area contributed by atoms with Gasteiger partial charge in [0.2, 0.25) is 0 Å². The highest BCUT2D eigenvalue weighted by Crippen LogP contribution is 2.11. The van der Waals surface area contributed by atoms with Crippen molar-refractivity contribution in [3.63, 3.8) is 0 Å². The molecule has 1 amide bonds. The maximum absolute atomic E-state index is 12.4. The zero-order valence-electron chi connectivity index (χ0n) is 13.7. The first-order chi connectivity index (χ1) is 11.6. The lowest BCUT2D eigenvalue weighted by atomic mass is 10.0. The van der Waals surface area contributed by atoms with Gasteiger partial charge in [0.15, 0.2) is 0 Å². The van der Waals surface area contributed by atoms with E-state index >= 15 is 0 Å². The van der Waals surface area contributed by atoms with Gasteiger partial charge in [0.25, 0.3) is 5.91 Å². The fraction of sp³-hybridized carbons (Fsp3) is 0.263. The summed E-state index contributed by atoms with van der Waals surface area (Å²) in [5.41, 5.74) is 2.48. The van der Waals surface area contributed by atoms with Gasteiger partial charge in [-0.05, 0) is 61.8 Å². The van der Waals surface area contributed by atoms with E-state index in [4.69, 9.17) is 0 Å². The molecule has 0 aliphatic rings. The Morgan fingerprint density at radius 1 is 1.17 bits per heavy atom. The van der Waals surface area contributed by atoms with Gasteiger partial charge in [-0.1, -0.05) is 24.3 Å². The van der Waals surface area contributed by atoms with Crippen molar-refractivity contribution in [2.24, 2.45) is 0 Å². The Labute approximate surface area is 141 Å². The van der Waals surface area contributed by atoms with Crippen molar-refractivity contribution in [2.75, 3.05) is 13.6 Å². The molecule has 0 aliphatic heterocycles. The average Bonchev–Trinajstić information content (AvgIpc) is 2.61. The molecule has 5 heteroatoms. The van der Waals surface area contributed by atoms with Crippen molar-refractivity contribution >= 4 is 12.2 Å². The maximum Gasteiger partial charge on any atom is 0.251 e. The number of likely N-dealkylation sites (N-methyl/N-ethyl adjacent to an activating group) is 1. The normalized spacial score (nSPS) is 11.7. The number of phenolic OH excluding ortho intramolecular Hbond substituents is 1. The Balaban J connectivity index is 2.00. The summed E-state index contributed by atoms with van der Waals surface area (Å²) in [6, 6.07) is 13.4. The highest BCUT2D eigenvalue weighted by atomic mass is 16.3. The second-order valence-corrected chi connectivity index (χ2v) is 5.64. The van der Waals surface area contributed by atoms with Crippen LogP contribution in [0.1, 0.15) is 21.5 Å². The summed E-state index contributed by atoms with van der Waals surface area (Å²) < 4.78 is 0. The minimum Gasteiger partial charge on any atom is -0.508 e. The molecule has 1 atom stereocenters. The zero-order chi connectivity index (χ0) is 17.4. The maximum atomic E-state index is 12.4. The minimum atomic E-state index is -0.608. The van der Waals surface area contributed by atoms with Crippen LogP contribution in [0.5, 0.6) is 5.75 Å². The molecule has 2 aromatic carbocycles. The lowest BCUT2D eigenvalue weighted by Crippen LogP contribution is -2.37. The molecule has 5 nitrogen and oxygen atoms in total. The van der Waals surface area contributed by atoms with Crippen LogP contribution in [-0.2, 0) is 17.6 Å². The highest BCUT2D eigenvalue weighted by Gasteiger charge is 2.14. The molecule has 0 fully saturated rings. The summed E-state index contributed by atoms with van der Waals surface area (Å²) in [6.07, 6.45) is 1.95. The predicted molar refractivity (Wildman–Crippen MR) is 93.2 cm³/mol. The Morgan fingerprint density at radius 2 is 1.92 bits per heavy atom. The van der Waals surface area contributed by atoms with Crippen molar-refractivity contribution in [3.8, 4) is 5.75 Å². The smallest absolute Gasteiger partial charge is 0.251 e. The molecule has 0 saturated heterocycles. The van der Waals surface area contributed by atoms with Crippen molar-refractivity contribution in [1.82, 2.24) is 10.6 Å². The molecule has 3 N–H and O–H groups in total. The summed E-state index contributed by atoms with van der Waals surface area (Å²) in [7, 11) is 1.88. The van der Waals surface area contributed by atoms with Crippen molar-refractivity contribution in [2.45, 2.75) is 18.9 Å². The first kappa shape index (κ1) is 17.7. The van der Waals surface area contributed by atoms with Crippen LogP contribution in [0.3, 0.4) is 0 Å². The Bertz CT molecular complexity index is 683. The van der Waals surface area contributed by atoms with Crippen LogP contribution >= 0.6 is 0 Å². The van der Waals surface area contributed by atoms with Gasteiger partial charge >= 0.3 is 0 Å². The van der Waals surface area contributed by atoms with E-state index in [2.05, 4.69) is 10.6 Å². The van der Waals surface area contributed by atoms with E-state index in [1.807, 2.05) is 25.2 Å². The van der Waals surface area contributed by atoms with Gasteiger partial charge in [0, 0.05) is 5.56 Å². The van der Waals surface area contributed by atoms with Gasteiger partial charge in [-0.3, -0.25) is 4.79 Å². The van der Waals surface area contributed by atoms with Gasteiger partial charge in [0.05, 0.1) is 6.04 Å². The Kier molecular flexibility index (Phi) is 6.51. The molecule has 2 rings (SSSR count). The summed E-state index contributed by atoms with van der Waals surface area (Å²) in [5.74, 6) is -0.0963. The number of nitrogens with one attached hydrogen (secondary N) is 2. The topological polar surface area (TPSA) is 78.4 Å². The Hall–Kier alpha value is -2.66. The SMILES string of the molecule is CNCCc1cccc(C(=O)NC(C=O)Cc2ccc(O)cc2)c1. The highest BCUT2D eigenvalue weighted by molar-refractivity contribution is 5.95. The molecule has 0 heterocycles. The standard InChI is InChI=1S/C19H22N2O3/c1-20-10-9-14-3-2-4-16(11-14)19(24)21-17(13-22)12-15-5-7-18(23)8-6-15/h2-8,11,13,17,20,23H,9-10,12H2,1H3,(H,21,24). The molecule has 0 spiro atoms. The fourth-order valence-corrected chi connectivity index (χ4v) is 2.41. The number of hydrogen-bond acceptors (Lipinski definition) is 4. The van der Waals surface area contributed by atoms with Crippen LogP contribution < -0.4 is 10.6 Å². The number of benzene rings is 2. The summed E-state index contributed by atoms with van der Waals surface area (Å²) >= 11 is 0. The van der Waals surface area contributed by atoms with Gasteiger partial charge < -0.3 is 20.5 Å². The van der Waals surface area contributed by atoms with Crippen molar-refractivity contribution in [1.29, 1.82) is 0 Å². The van der Waals surface area contributed by atoms with E-state index in [9.17, 15) is 14.7 Å². The minimum absolute atomic E-state index is 0.170. The van der Waals surface area contributed by atoms with Crippen LogP contribution in [0, 0.1) is 0 Å². The summed E-state index contributed by atoms with van der Waals surface area (Å²) in [5, 5.41) is 15.1. The second-order valence-electron chi connectivity index (χ2n) is 5.64. The van der Waals surface area contributed by atoms with Crippen LogP contribution in [-0.4, -0.2) is 36.9 Å². The number of rotatable bonds is 8. The van der Waals surface area contributed by atoms with E-state index in [1.165, 1.54) is 0 Å². The lowest BCUT2D eigenvalue weighted by Gasteiger charge is -2.13. The Morgan fingerprint density at radius 3 is 2.58 bits per heavy atom. The molecule has 126 valence electrons. The molecule has 24 heavy (non-hydrogen) atoms. The number of carbonyl (C=O) groups excluding carboxylic acids is 2. The molecule has 2 aromatic rings. The van der Waals surface area contributed by atoms with Crippen molar-refractivity contribution < 1.29 is 14.7 Å². The molecular weight excluding hydrogens is 304 g/mol. The average molecular weight is 326 g/mol. The monoisotopic (exact) mass is 326 g/mol. The third-order valence-electron chi connectivity index (χ3n) is 3.73. The molecule has 0 radical (unpaired) electrons. The van der Waals surface area contributed by atoms with E-state index in [0.717, 1.165) is 30.4 Å². The molecular formula is C19H22N2O3. The van der Waals surface area contributed by atoms with Crippen LogP contribution in [0.25, 0.3) is 0 Å². The lowest BCUT2D eigenvalue weighted by molar-refractivity contribution is -0.109. The van der Waals surface area contributed by atoms with Gasteiger partial charge in [-0.2, -0.15) is 0 Å². The van der Waals surface area contributed by atoms with Crippen LogP contribution in [0.4, 0.5) is 0 Å². The third kappa shape index (κ3) is 5.21. The molecule has 0 aromatic heterocycles. The first-order valence-corrected chi connectivity index (χ1v) is 7.90. The zero-order valence-corrected chi connectivity index (χ0v) is 13.7. The largest absolute Gasteiger partial charge is 0.508 e. The number of hydrogen-bond donors (Lipinski definition) is 3. The fourth-order valence-electron chi connectivity index (χ4n) is 2.41. The summed E-state index contributed by atoms with van der Waals surface area (Å²) in [6.45, 7) is 0.836. The molecule has 0 aliphatic carbocycles. The van der Waals surface area contributed by atoms with Crippen molar-refractivity contribution in [3.05, 3.63) is 65.2 Å². The number of amides is 1. The molecule has 0 saturated carbocycles. The van der Waals surface area contributed by atoms with E-state index in [-0.39, 0.29) is 11.7 Å². The molecule has 1 unspecified atom stereocenters. The van der Waals surface area contributed by atoms with E-state index < -0.39 is 6.04 Å². The van der Waals surface area contributed by atoms with Gasteiger partial charge in [-0.15, -0.1) is 0 Å². The number of aldehydes is 1. The number of carbonyl (C=O) groups is 2. The van der Waals surface area contributed by atoms with Crippen LogP contribution in [0.15, 0.2) is 48.5 Å². The predicted octanol–water partition coefficient (Wildman–Crippen LogP) is 1.69. The second kappa shape index (κ2) is 8.84. The first-order valence-electron chi connectivity index (χ1n) is 7.90. The van der Waals surface area contributed by atoms with Gasteiger partial charge in [0.1, 0.15) is 12.0 Å². The van der Waals surface area contributed by atoms with Crippen LogP contribution in [0.2, 0.25) is 0 Å². The number of phenols is 1.